The van der Waals surface area contributed by atoms with Gasteiger partial charge in [-0.2, -0.15) is 0 Å². The molecule has 0 amide bonds. The van der Waals surface area contributed by atoms with Crippen LogP contribution >= 0.6 is 31.9 Å². The number of nitrogens with one attached hydrogen (secondary N) is 1. The molecule has 1 aromatic rings. The van der Waals surface area contributed by atoms with E-state index in [1.807, 2.05) is 0 Å². The summed E-state index contributed by atoms with van der Waals surface area (Å²) in [5.74, 6) is 1.10. The maximum atomic E-state index is 12.5. The number of rotatable bonds is 6. The van der Waals surface area contributed by atoms with Crippen LogP contribution in [0.2, 0.25) is 0 Å². The number of nitrogens with two attached hydrogens (primary N) is 1. The van der Waals surface area contributed by atoms with E-state index in [9.17, 15) is 8.42 Å². The Hall–Kier alpha value is -0.110. The Morgan fingerprint density at radius 2 is 1.52 bits per heavy atom. The highest BCUT2D eigenvalue weighted by molar-refractivity contribution is 9.11. The maximum Gasteiger partial charge on any atom is 0.242 e. The topological polar surface area (TPSA) is 72.2 Å². The molecule has 0 aromatic heterocycles. The van der Waals surface area contributed by atoms with E-state index in [2.05, 4.69) is 64.3 Å². The minimum absolute atomic E-state index is 0.183. The summed E-state index contributed by atoms with van der Waals surface area (Å²) in [6.45, 7) is 8.84. The molecule has 4 nitrogen and oxygen atoms in total. The Kier molecular flexibility index (Phi) is 6.71. The molecule has 0 fully saturated rings. The summed E-state index contributed by atoms with van der Waals surface area (Å²) in [6, 6.07) is 3.17. The lowest BCUT2D eigenvalue weighted by Gasteiger charge is -2.25. The molecule has 21 heavy (non-hydrogen) atoms. The van der Waals surface area contributed by atoms with Crippen molar-refractivity contribution in [1.29, 1.82) is 0 Å². The van der Waals surface area contributed by atoms with Crippen molar-refractivity contribution >= 4 is 47.6 Å². The van der Waals surface area contributed by atoms with Gasteiger partial charge in [-0.05, 0) is 61.7 Å². The van der Waals surface area contributed by atoms with Gasteiger partial charge in [-0.25, -0.2) is 13.1 Å². The predicted octanol–water partition coefficient (Wildman–Crippen LogP) is 4.00. The third-order valence-electron chi connectivity index (χ3n) is 3.51. The van der Waals surface area contributed by atoms with E-state index in [1.165, 1.54) is 0 Å². The first-order chi connectivity index (χ1) is 9.56. The van der Waals surface area contributed by atoms with Crippen molar-refractivity contribution in [2.45, 2.75) is 32.6 Å². The fraction of sp³-hybridized carbons (Fsp3) is 0.571. The third-order valence-corrected chi connectivity index (χ3v) is 6.81. The van der Waals surface area contributed by atoms with Crippen molar-refractivity contribution in [1.82, 2.24) is 4.72 Å². The molecule has 0 bridgehead atoms. The van der Waals surface area contributed by atoms with Crippen LogP contribution in [0.1, 0.15) is 27.7 Å². The molecule has 0 saturated carbocycles. The first-order valence-corrected chi connectivity index (χ1v) is 9.87. The van der Waals surface area contributed by atoms with Crippen LogP contribution in [-0.4, -0.2) is 15.0 Å². The lowest BCUT2D eigenvalue weighted by molar-refractivity contribution is 0.289. The average molecular weight is 442 g/mol. The Morgan fingerprint density at radius 1 is 1.10 bits per heavy atom. The van der Waals surface area contributed by atoms with E-state index in [4.69, 9.17) is 5.73 Å². The van der Waals surface area contributed by atoms with E-state index in [1.54, 1.807) is 12.1 Å². The summed E-state index contributed by atoms with van der Waals surface area (Å²) in [6.07, 6.45) is 0. The number of nitrogen functional groups attached to an aromatic ring is 1. The molecule has 0 atom stereocenters. The number of sulfonamides is 1. The predicted molar refractivity (Wildman–Crippen MR) is 94.6 cm³/mol. The molecule has 0 radical (unpaired) electrons. The quantitative estimate of drug-likeness (QED) is 0.655. The molecule has 0 aliphatic carbocycles. The number of benzene rings is 1. The number of halogens is 2. The molecule has 0 unspecified atom stereocenters. The van der Waals surface area contributed by atoms with E-state index in [-0.39, 0.29) is 10.8 Å². The molecule has 0 saturated heterocycles. The van der Waals surface area contributed by atoms with Crippen LogP contribution in [0.3, 0.4) is 0 Å². The Balaban J connectivity index is 3.03. The van der Waals surface area contributed by atoms with Crippen molar-refractivity contribution in [3.8, 4) is 0 Å². The molecule has 0 spiro atoms. The molecule has 0 heterocycles. The monoisotopic (exact) mass is 440 g/mol. The molecular weight excluding hydrogens is 420 g/mol. The van der Waals surface area contributed by atoms with Gasteiger partial charge in [0.05, 0.1) is 0 Å². The minimum Gasteiger partial charge on any atom is -0.399 e. The zero-order valence-corrected chi connectivity index (χ0v) is 16.6. The van der Waals surface area contributed by atoms with Crippen LogP contribution in [0.5, 0.6) is 0 Å². The smallest absolute Gasteiger partial charge is 0.242 e. The second kappa shape index (κ2) is 7.44. The van der Waals surface area contributed by atoms with E-state index < -0.39 is 10.0 Å². The first-order valence-electron chi connectivity index (χ1n) is 6.80. The lowest BCUT2D eigenvalue weighted by Crippen LogP contribution is -2.34. The van der Waals surface area contributed by atoms with Gasteiger partial charge in [0.25, 0.3) is 0 Å². The standard InChI is InChI=1S/C14H22Br2N2O2S/c1-8(2)11(9(3)4)7-18-21(19,20)14-12(15)5-10(17)6-13(14)16/h5-6,8-9,11,18H,7,17H2,1-4H3. The van der Waals surface area contributed by atoms with Gasteiger partial charge in [0, 0.05) is 21.2 Å². The zero-order chi connectivity index (χ0) is 16.4. The van der Waals surface area contributed by atoms with Gasteiger partial charge >= 0.3 is 0 Å². The summed E-state index contributed by atoms with van der Waals surface area (Å²) in [4.78, 5) is 0.183. The highest BCUT2D eigenvalue weighted by Gasteiger charge is 2.25. The van der Waals surface area contributed by atoms with E-state index >= 15 is 0 Å². The summed E-state index contributed by atoms with van der Waals surface area (Å²) >= 11 is 6.54. The number of anilines is 1. The molecule has 0 aliphatic heterocycles. The van der Waals surface area contributed by atoms with Gasteiger partial charge in [-0.15, -0.1) is 0 Å². The summed E-state index contributed by atoms with van der Waals surface area (Å²) in [5.41, 5.74) is 6.19. The average Bonchev–Trinajstić information content (AvgIpc) is 2.25. The van der Waals surface area contributed by atoms with Crippen LogP contribution in [0, 0.1) is 17.8 Å². The van der Waals surface area contributed by atoms with Gasteiger partial charge in [0.2, 0.25) is 10.0 Å². The number of hydrogen-bond donors (Lipinski definition) is 2. The van der Waals surface area contributed by atoms with Gasteiger partial charge in [0.1, 0.15) is 4.90 Å². The van der Waals surface area contributed by atoms with Crippen molar-refractivity contribution < 1.29 is 8.42 Å². The fourth-order valence-electron chi connectivity index (χ4n) is 2.36. The molecule has 7 heteroatoms. The van der Waals surface area contributed by atoms with Crippen molar-refractivity contribution in [3.05, 3.63) is 21.1 Å². The summed E-state index contributed by atoms with van der Waals surface area (Å²) in [5, 5.41) is 0. The van der Waals surface area contributed by atoms with Crippen molar-refractivity contribution in [2.24, 2.45) is 17.8 Å². The second-order valence-electron chi connectivity index (χ2n) is 5.82. The van der Waals surface area contributed by atoms with Crippen LogP contribution in [0.25, 0.3) is 0 Å². The van der Waals surface area contributed by atoms with Crippen LogP contribution < -0.4 is 10.5 Å². The Labute approximate surface area is 144 Å². The van der Waals surface area contributed by atoms with Crippen molar-refractivity contribution in [3.63, 3.8) is 0 Å². The molecule has 1 aromatic carbocycles. The largest absolute Gasteiger partial charge is 0.399 e. The van der Waals surface area contributed by atoms with Crippen LogP contribution in [0.4, 0.5) is 5.69 Å². The molecule has 1 rings (SSSR count). The highest BCUT2D eigenvalue weighted by Crippen LogP contribution is 2.32. The maximum absolute atomic E-state index is 12.5. The molecular formula is C14H22Br2N2O2S. The second-order valence-corrected chi connectivity index (χ2v) is 9.23. The van der Waals surface area contributed by atoms with Gasteiger partial charge < -0.3 is 5.73 Å². The van der Waals surface area contributed by atoms with E-state index in [0.29, 0.717) is 33.0 Å². The molecule has 3 N–H and O–H groups in total. The van der Waals surface area contributed by atoms with Crippen molar-refractivity contribution in [2.75, 3.05) is 12.3 Å². The molecule has 120 valence electrons. The zero-order valence-electron chi connectivity index (χ0n) is 12.7. The minimum atomic E-state index is -3.60. The fourth-order valence-corrected chi connectivity index (χ4v) is 6.04. The number of hydrogen-bond acceptors (Lipinski definition) is 3. The van der Waals surface area contributed by atoms with Crippen LogP contribution in [-0.2, 0) is 10.0 Å². The van der Waals surface area contributed by atoms with Crippen LogP contribution in [0.15, 0.2) is 26.0 Å². The normalized spacial score (nSPS) is 12.6. The first kappa shape index (κ1) is 18.9. The summed E-state index contributed by atoms with van der Waals surface area (Å²) < 4.78 is 28.7. The summed E-state index contributed by atoms with van der Waals surface area (Å²) in [7, 11) is -3.60. The highest BCUT2D eigenvalue weighted by atomic mass is 79.9. The van der Waals surface area contributed by atoms with Gasteiger partial charge in [-0.3, -0.25) is 0 Å². The SMILES string of the molecule is CC(C)C(CNS(=O)(=O)c1c(Br)cc(N)cc1Br)C(C)C. The Morgan fingerprint density at radius 3 is 1.90 bits per heavy atom. The Bertz CT molecular complexity index is 570. The van der Waals surface area contributed by atoms with Gasteiger partial charge in [0.15, 0.2) is 0 Å². The van der Waals surface area contributed by atoms with Gasteiger partial charge in [-0.1, -0.05) is 27.7 Å². The lowest BCUT2D eigenvalue weighted by atomic mass is 9.86. The molecule has 0 aliphatic rings. The van der Waals surface area contributed by atoms with E-state index in [0.717, 1.165) is 0 Å². The third kappa shape index (κ3) is 4.94.